The number of anilines is 1. The van der Waals surface area contributed by atoms with E-state index in [1.54, 1.807) is 30.3 Å². The van der Waals surface area contributed by atoms with E-state index >= 15 is 0 Å². The van der Waals surface area contributed by atoms with E-state index in [2.05, 4.69) is 5.32 Å². The third-order valence-electron chi connectivity index (χ3n) is 3.77. The van der Waals surface area contributed by atoms with Gasteiger partial charge in [0.15, 0.2) is 17.6 Å². The van der Waals surface area contributed by atoms with Crippen LogP contribution in [0, 0.1) is 0 Å². The van der Waals surface area contributed by atoms with Crippen molar-refractivity contribution in [2.75, 3.05) is 26.1 Å². The lowest BCUT2D eigenvalue weighted by atomic mass is 10.2. The first-order valence-electron chi connectivity index (χ1n) is 8.55. The topological polar surface area (TPSA) is 83.1 Å². The fraction of sp³-hybridized carbons (Fsp3) is 0.300. The van der Waals surface area contributed by atoms with Crippen LogP contribution in [0.25, 0.3) is 0 Å². The standard InChI is InChI=1S/C20H22ClNO6/c1-5-27-17-8-6-13(10-18(17)26-4)20(24)28-12(2)19(23)22-15-11-14(21)7-9-16(15)25-3/h6-12H,5H2,1-4H3,(H,22,23)/t12-/m0/s1. The number of methoxy groups -OCH3 is 2. The fourth-order valence-corrected chi connectivity index (χ4v) is 2.54. The fourth-order valence-electron chi connectivity index (χ4n) is 2.36. The van der Waals surface area contributed by atoms with Crippen molar-refractivity contribution in [3.63, 3.8) is 0 Å². The summed E-state index contributed by atoms with van der Waals surface area (Å²) in [5.74, 6) is 0.166. The van der Waals surface area contributed by atoms with Crippen LogP contribution in [-0.4, -0.2) is 38.8 Å². The lowest BCUT2D eigenvalue weighted by Crippen LogP contribution is -2.30. The summed E-state index contributed by atoms with van der Waals surface area (Å²) in [5, 5.41) is 3.07. The van der Waals surface area contributed by atoms with Crippen LogP contribution in [0.4, 0.5) is 5.69 Å². The molecule has 2 aromatic carbocycles. The molecule has 1 amide bonds. The molecule has 0 bridgehead atoms. The molecule has 0 spiro atoms. The van der Waals surface area contributed by atoms with Gasteiger partial charge in [-0.2, -0.15) is 0 Å². The lowest BCUT2D eigenvalue weighted by Gasteiger charge is -2.16. The highest BCUT2D eigenvalue weighted by Gasteiger charge is 2.21. The van der Waals surface area contributed by atoms with Crippen LogP contribution in [0.5, 0.6) is 17.2 Å². The molecule has 0 saturated heterocycles. The van der Waals surface area contributed by atoms with Gasteiger partial charge >= 0.3 is 5.97 Å². The summed E-state index contributed by atoms with van der Waals surface area (Å²) in [6.07, 6.45) is -1.05. The molecule has 1 N–H and O–H groups in total. The molecule has 28 heavy (non-hydrogen) atoms. The molecule has 0 aromatic heterocycles. The van der Waals surface area contributed by atoms with Crippen LogP contribution in [0.15, 0.2) is 36.4 Å². The van der Waals surface area contributed by atoms with E-state index < -0.39 is 18.0 Å². The Morgan fingerprint density at radius 1 is 1.04 bits per heavy atom. The van der Waals surface area contributed by atoms with E-state index in [9.17, 15) is 9.59 Å². The summed E-state index contributed by atoms with van der Waals surface area (Å²) in [4.78, 5) is 24.8. The number of rotatable bonds is 8. The van der Waals surface area contributed by atoms with Crippen LogP contribution in [0.2, 0.25) is 5.02 Å². The molecule has 0 heterocycles. The number of hydrogen-bond acceptors (Lipinski definition) is 6. The first-order valence-corrected chi connectivity index (χ1v) is 8.93. The summed E-state index contributed by atoms with van der Waals surface area (Å²) >= 11 is 5.95. The molecule has 7 nitrogen and oxygen atoms in total. The molecule has 1 atom stereocenters. The van der Waals surface area contributed by atoms with Crippen LogP contribution >= 0.6 is 11.6 Å². The zero-order chi connectivity index (χ0) is 20.7. The number of esters is 1. The van der Waals surface area contributed by atoms with Gasteiger partial charge in [0.2, 0.25) is 0 Å². The Balaban J connectivity index is 2.07. The van der Waals surface area contributed by atoms with Crippen molar-refractivity contribution in [1.82, 2.24) is 0 Å². The minimum Gasteiger partial charge on any atom is -0.495 e. The molecule has 0 unspecified atom stereocenters. The van der Waals surface area contributed by atoms with Crippen LogP contribution in [0.1, 0.15) is 24.2 Å². The normalized spacial score (nSPS) is 11.3. The summed E-state index contributed by atoms with van der Waals surface area (Å²) in [5.41, 5.74) is 0.617. The zero-order valence-corrected chi connectivity index (χ0v) is 16.8. The van der Waals surface area contributed by atoms with Gasteiger partial charge in [-0.25, -0.2) is 4.79 Å². The van der Waals surface area contributed by atoms with Gasteiger partial charge in [-0.05, 0) is 50.2 Å². The van der Waals surface area contributed by atoms with E-state index in [0.717, 1.165) is 0 Å². The molecule has 2 rings (SSSR count). The number of hydrogen-bond donors (Lipinski definition) is 1. The minimum atomic E-state index is -1.05. The quantitative estimate of drug-likeness (QED) is 0.667. The smallest absolute Gasteiger partial charge is 0.339 e. The maximum atomic E-state index is 12.4. The van der Waals surface area contributed by atoms with Crippen LogP contribution < -0.4 is 19.5 Å². The number of ether oxygens (including phenoxy) is 4. The first kappa shape index (κ1) is 21.4. The highest BCUT2D eigenvalue weighted by Crippen LogP contribution is 2.29. The van der Waals surface area contributed by atoms with Crippen molar-refractivity contribution < 1.29 is 28.5 Å². The number of carbonyl (C=O) groups is 2. The van der Waals surface area contributed by atoms with Crippen LogP contribution in [0.3, 0.4) is 0 Å². The molecule has 0 radical (unpaired) electrons. The molecule has 150 valence electrons. The van der Waals surface area contributed by atoms with Gasteiger partial charge in [0, 0.05) is 5.02 Å². The Hall–Kier alpha value is -2.93. The van der Waals surface area contributed by atoms with Gasteiger partial charge in [-0.15, -0.1) is 0 Å². The van der Waals surface area contributed by atoms with Gasteiger partial charge in [-0.1, -0.05) is 11.6 Å². The predicted molar refractivity (Wildman–Crippen MR) is 106 cm³/mol. The van der Waals surface area contributed by atoms with E-state index in [0.29, 0.717) is 34.6 Å². The van der Waals surface area contributed by atoms with Crippen molar-refractivity contribution in [1.29, 1.82) is 0 Å². The molecular weight excluding hydrogens is 386 g/mol. The molecule has 0 aliphatic rings. The molecule has 0 saturated carbocycles. The second kappa shape index (κ2) is 9.85. The third-order valence-corrected chi connectivity index (χ3v) is 4.01. The van der Waals surface area contributed by atoms with Gasteiger partial charge in [0.1, 0.15) is 5.75 Å². The van der Waals surface area contributed by atoms with E-state index in [-0.39, 0.29) is 5.56 Å². The molecular formula is C20H22ClNO6. The maximum absolute atomic E-state index is 12.4. The average molecular weight is 408 g/mol. The highest BCUT2D eigenvalue weighted by atomic mass is 35.5. The largest absolute Gasteiger partial charge is 0.495 e. The summed E-state index contributed by atoms with van der Waals surface area (Å²) in [6.45, 7) is 3.77. The number of amides is 1. The summed E-state index contributed by atoms with van der Waals surface area (Å²) in [6, 6.07) is 9.46. The van der Waals surface area contributed by atoms with Crippen molar-refractivity contribution in [2.24, 2.45) is 0 Å². The van der Waals surface area contributed by atoms with E-state index in [1.807, 2.05) is 6.92 Å². The van der Waals surface area contributed by atoms with Crippen LogP contribution in [-0.2, 0) is 9.53 Å². The summed E-state index contributed by atoms with van der Waals surface area (Å²) < 4.78 is 21.1. The first-order chi connectivity index (χ1) is 13.4. The van der Waals surface area contributed by atoms with Gasteiger partial charge in [0.05, 0.1) is 32.1 Å². The Morgan fingerprint density at radius 3 is 2.36 bits per heavy atom. The van der Waals surface area contributed by atoms with Gasteiger partial charge in [0.25, 0.3) is 5.91 Å². The summed E-state index contributed by atoms with van der Waals surface area (Å²) in [7, 11) is 2.95. The second-order valence-electron chi connectivity index (χ2n) is 5.68. The number of carbonyl (C=O) groups excluding carboxylic acids is 2. The van der Waals surface area contributed by atoms with Crippen molar-refractivity contribution >= 4 is 29.2 Å². The van der Waals surface area contributed by atoms with Gasteiger partial charge < -0.3 is 24.3 Å². The van der Waals surface area contributed by atoms with E-state index in [4.69, 9.17) is 30.5 Å². The number of nitrogens with one attached hydrogen (secondary N) is 1. The molecule has 0 aliphatic heterocycles. The minimum absolute atomic E-state index is 0.236. The second-order valence-corrected chi connectivity index (χ2v) is 6.12. The van der Waals surface area contributed by atoms with E-state index in [1.165, 1.54) is 27.2 Å². The molecule has 2 aromatic rings. The molecule has 0 aliphatic carbocycles. The van der Waals surface area contributed by atoms with Gasteiger partial charge in [-0.3, -0.25) is 4.79 Å². The SMILES string of the molecule is CCOc1ccc(C(=O)O[C@@H](C)C(=O)Nc2cc(Cl)ccc2OC)cc1OC. The molecule has 8 heteroatoms. The van der Waals surface area contributed by atoms with Crippen molar-refractivity contribution in [3.8, 4) is 17.2 Å². The monoisotopic (exact) mass is 407 g/mol. The maximum Gasteiger partial charge on any atom is 0.339 e. The number of halogens is 1. The van der Waals surface area contributed by atoms with Crippen molar-refractivity contribution in [2.45, 2.75) is 20.0 Å². The predicted octanol–water partition coefficient (Wildman–Crippen LogP) is 3.94. The average Bonchev–Trinajstić information content (AvgIpc) is 2.68. The highest BCUT2D eigenvalue weighted by molar-refractivity contribution is 6.31. The molecule has 0 fully saturated rings. The lowest BCUT2D eigenvalue weighted by molar-refractivity contribution is -0.123. The van der Waals surface area contributed by atoms with Crippen molar-refractivity contribution in [3.05, 3.63) is 47.0 Å². The Labute approximate surface area is 168 Å². The third kappa shape index (κ3) is 5.29. The number of benzene rings is 2. The zero-order valence-electron chi connectivity index (χ0n) is 16.1. The Kier molecular flexibility index (Phi) is 7.52. The Morgan fingerprint density at radius 2 is 1.71 bits per heavy atom. The Bertz CT molecular complexity index is 855.